The maximum Gasteiger partial charge on any atom is 0.240 e. The summed E-state index contributed by atoms with van der Waals surface area (Å²) in [5, 5.41) is 8.88. The molecule has 3 N–H and O–H groups in total. The number of rotatable bonds is 3. The molecule has 0 aliphatic heterocycles. The second-order valence-electron chi connectivity index (χ2n) is 5.26. The number of benzene rings is 1. The van der Waals surface area contributed by atoms with E-state index in [0.717, 1.165) is 25.7 Å². The summed E-state index contributed by atoms with van der Waals surface area (Å²) in [7, 11) is -3.58. The summed E-state index contributed by atoms with van der Waals surface area (Å²) >= 11 is 0. The first-order chi connectivity index (χ1) is 9.44. The van der Waals surface area contributed by atoms with Gasteiger partial charge in [-0.25, -0.2) is 13.1 Å². The van der Waals surface area contributed by atoms with Gasteiger partial charge in [0.2, 0.25) is 10.0 Å². The molecule has 1 aliphatic rings. The van der Waals surface area contributed by atoms with Crippen LogP contribution in [0, 0.1) is 18.3 Å². The Morgan fingerprint density at radius 2 is 2.05 bits per heavy atom. The van der Waals surface area contributed by atoms with Crippen molar-refractivity contribution < 1.29 is 8.42 Å². The van der Waals surface area contributed by atoms with Crippen molar-refractivity contribution in [3.8, 4) is 6.07 Å². The molecule has 0 aromatic heterocycles. The van der Waals surface area contributed by atoms with Crippen molar-refractivity contribution in [2.75, 3.05) is 0 Å². The van der Waals surface area contributed by atoms with Gasteiger partial charge in [0.05, 0.1) is 16.5 Å². The highest BCUT2D eigenvalue weighted by atomic mass is 32.2. The van der Waals surface area contributed by atoms with Gasteiger partial charge in [0, 0.05) is 12.1 Å². The summed E-state index contributed by atoms with van der Waals surface area (Å²) in [4.78, 5) is 0.187. The largest absolute Gasteiger partial charge is 0.326 e. The normalized spacial score (nSPS) is 23.2. The van der Waals surface area contributed by atoms with Crippen LogP contribution >= 0.6 is 0 Å². The molecule has 1 aliphatic carbocycles. The summed E-state index contributed by atoms with van der Waals surface area (Å²) in [6.07, 6.45) is 3.66. The summed E-state index contributed by atoms with van der Waals surface area (Å²) < 4.78 is 27.4. The van der Waals surface area contributed by atoms with E-state index >= 15 is 0 Å². The van der Waals surface area contributed by atoms with Crippen LogP contribution in [0.25, 0.3) is 0 Å². The van der Waals surface area contributed by atoms with Gasteiger partial charge in [-0.3, -0.25) is 0 Å². The Balaban J connectivity index is 2.22. The molecule has 1 saturated carbocycles. The van der Waals surface area contributed by atoms with E-state index in [4.69, 9.17) is 11.0 Å². The molecule has 2 rings (SSSR count). The first-order valence-corrected chi connectivity index (χ1v) is 8.21. The third-order valence-corrected chi connectivity index (χ3v) is 5.24. The minimum Gasteiger partial charge on any atom is -0.326 e. The number of nitrogens with zero attached hydrogens (tertiary/aromatic N) is 1. The topological polar surface area (TPSA) is 96.0 Å². The van der Waals surface area contributed by atoms with Crippen molar-refractivity contribution in [1.29, 1.82) is 5.26 Å². The standard InChI is InChI=1S/C14H19N3O2S/c1-10-8-12(7-6-11(10)9-15)20(18,19)17-14-5-3-2-4-13(14)16/h6-8,13-14,17H,2-5,16H2,1H3. The van der Waals surface area contributed by atoms with Crippen molar-refractivity contribution in [3.05, 3.63) is 29.3 Å². The van der Waals surface area contributed by atoms with Crippen molar-refractivity contribution in [3.63, 3.8) is 0 Å². The van der Waals surface area contributed by atoms with E-state index in [1.807, 2.05) is 6.07 Å². The summed E-state index contributed by atoms with van der Waals surface area (Å²) in [6.45, 7) is 1.73. The fourth-order valence-electron chi connectivity index (χ4n) is 2.50. The van der Waals surface area contributed by atoms with Gasteiger partial charge in [0.15, 0.2) is 0 Å². The quantitative estimate of drug-likeness (QED) is 0.880. The fraction of sp³-hybridized carbons (Fsp3) is 0.500. The number of aryl methyl sites for hydroxylation is 1. The molecule has 0 spiro atoms. The zero-order valence-corrected chi connectivity index (χ0v) is 12.3. The van der Waals surface area contributed by atoms with Crippen LogP contribution < -0.4 is 10.5 Å². The molecule has 0 bridgehead atoms. The predicted octanol–water partition coefficient (Wildman–Crippen LogP) is 1.41. The van der Waals surface area contributed by atoms with Gasteiger partial charge >= 0.3 is 0 Å². The summed E-state index contributed by atoms with van der Waals surface area (Å²) in [6, 6.07) is 6.21. The van der Waals surface area contributed by atoms with Crippen LogP contribution in [-0.4, -0.2) is 20.5 Å². The van der Waals surface area contributed by atoms with E-state index in [9.17, 15) is 8.42 Å². The minimum absolute atomic E-state index is 0.127. The smallest absolute Gasteiger partial charge is 0.240 e. The van der Waals surface area contributed by atoms with Crippen molar-refractivity contribution in [2.45, 2.75) is 49.6 Å². The zero-order valence-electron chi connectivity index (χ0n) is 11.5. The number of hydrogen-bond acceptors (Lipinski definition) is 4. The van der Waals surface area contributed by atoms with Gasteiger partial charge in [-0.2, -0.15) is 5.26 Å². The van der Waals surface area contributed by atoms with Crippen LogP contribution in [0.3, 0.4) is 0 Å². The third-order valence-electron chi connectivity index (χ3n) is 3.75. The molecule has 0 heterocycles. The number of nitrogens with two attached hydrogens (primary N) is 1. The number of nitriles is 1. The van der Waals surface area contributed by atoms with Gasteiger partial charge in [-0.15, -0.1) is 0 Å². The van der Waals surface area contributed by atoms with E-state index in [2.05, 4.69) is 4.72 Å². The molecule has 20 heavy (non-hydrogen) atoms. The summed E-state index contributed by atoms with van der Waals surface area (Å²) in [5.41, 5.74) is 7.11. The maximum absolute atomic E-state index is 12.3. The molecular weight excluding hydrogens is 274 g/mol. The highest BCUT2D eigenvalue weighted by Crippen LogP contribution is 2.20. The number of nitrogens with one attached hydrogen (secondary N) is 1. The molecule has 0 saturated heterocycles. The molecular formula is C14H19N3O2S. The molecule has 5 nitrogen and oxygen atoms in total. The number of hydrogen-bond donors (Lipinski definition) is 2. The van der Waals surface area contributed by atoms with Crippen LogP contribution in [-0.2, 0) is 10.0 Å². The lowest BCUT2D eigenvalue weighted by atomic mass is 9.92. The highest BCUT2D eigenvalue weighted by molar-refractivity contribution is 7.89. The van der Waals surface area contributed by atoms with Crippen LogP contribution in [0.5, 0.6) is 0 Å². The van der Waals surface area contributed by atoms with E-state index in [0.29, 0.717) is 11.1 Å². The van der Waals surface area contributed by atoms with Crippen LogP contribution in [0.4, 0.5) is 0 Å². The van der Waals surface area contributed by atoms with E-state index < -0.39 is 10.0 Å². The van der Waals surface area contributed by atoms with E-state index in [-0.39, 0.29) is 17.0 Å². The molecule has 2 unspecified atom stereocenters. The van der Waals surface area contributed by atoms with Crippen molar-refractivity contribution >= 4 is 10.0 Å². The van der Waals surface area contributed by atoms with Crippen LogP contribution in [0.2, 0.25) is 0 Å². The monoisotopic (exact) mass is 293 g/mol. The van der Waals surface area contributed by atoms with Crippen molar-refractivity contribution in [2.24, 2.45) is 5.73 Å². The molecule has 1 fully saturated rings. The van der Waals surface area contributed by atoms with Gasteiger partial charge < -0.3 is 5.73 Å². The molecule has 1 aromatic rings. The van der Waals surface area contributed by atoms with Gasteiger partial charge in [0.1, 0.15) is 0 Å². The van der Waals surface area contributed by atoms with Gasteiger partial charge in [-0.1, -0.05) is 12.8 Å². The average molecular weight is 293 g/mol. The average Bonchev–Trinajstić information content (AvgIpc) is 2.41. The SMILES string of the molecule is Cc1cc(S(=O)(=O)NC2CCCCC2N)ccc1C#N. The lowest BCUT2D eigenvalue weighted by Crippen LogP contribution is -2.49. The summed E-state index contributed by atoms with van der Waals surface area (Å²) in [5.74, 6) is 0. The Bertz CT molecular complexity index is 634. The Morgan fingerprint density at radius 3 is 2.65 bits per heavy atom. The zero-order chi connectivity index (χ0) is 14.8. The van der Waals surface area contributed by atoms with Gasteiger partial charge in [-0.05, 0) is 43.5 Å². The second-order valence-corrected chi connectivity index (χ2v) is 6.98. The molecule has 1 aromatic carbocycles. The van der Waals surface area contributed by atoms with E-state index in [1.165, 1.54) is 18.2 Å². The molecule has 2 atom stereocenters. The Labute approximate surface area is 119 Å². The Kier molecular flexibility index (Phi) is 4.43. The lowest BCUT2D eigenvalue weighted by Gasteiger charge is -2.29. The van der Waals surface area contributed by atoms with Crippen LogP contribution in [0.1, 0.15) is 36.8 Å². The highest BCUT2D eigenvalue weighted by Gasteiger charge is 2.27. The first-order valence-electron chi connectivity index (χ1n) is 6.73. The Hall–Kier alpha value is -1.42. The van der Waals surface area contributed by atoms with Gasteiger partial charge in [0.25, 0.3) is 0 Å². The number of sulfonamides is 1. The van der Waals surface area contributed by atoms with E-state index in [1.54, 1.807) is 6.92 Å². The third kappa shape index (κ3) is 3.18. The maximum atomic E-state index is 12.3. The van der Waals surface area contributed by atoms with Crippen LogP contribution in [0.15, 0.2) is 23.1 Å². The predicted molar refractivity (Wildman–Crippen MR) is 76.4 cm³/mol. The molecule has 6 heteroatoms. The van der Waals surface area contributed by atoms with Crippen molar-refractivity contribution in [1.82, 2.24) is 4.72 Å². The molecule has 0 radical (unpaired) electrons. The Morgan fingerprint density at radius 1 is 1.35 bits per heavy atom. The lowest BCUT2D eigenvalue weighted by molar-refractivity contribution is 0.361. The first kappa shape index (κ1) is 15.0. The second kappa shape index (κ2) is 5.92. The fourth-order valence-corrected chi connectivity index (χ4v) is 3.91. The molecule has 0 amide bonds. The minimum atomic E-state index is -3.58. The molecule has 108 valence electrons.